The molecule has 0 spiro atoms. The zero-order valence-corrected chi connectivity index (χ0v) is 15.4. The van der Waals surface area contributed by atoms with E-state index in [0.29, 0.717) is 17.2 Å². The molecule has 136 valence electrons. The molecule has 0 unspecified atom stereocenters. The number of benzene rings is 1. The summed E-state index contributed by atoms with van der Waals surface area (Å²) in [5.74, 6) is 0.715. The average molecular weight is 376 g/mol. The highest BCUT2D eigenvalue weighted by atomic mass is 35.5. The molecule has 0 atom stereocenters. The summed E-state index contributed by atoms with van der Waals surface area (Å²) in [7, 11) is 1.57. The predicted octanol–water partition coefficient (Wildman–Crippen LogP) is 3.09. The fourth-order valence-corrected chi connectivity index (χ4v) is 2.61. The van der Waals surface area contributed by atoms with E-state index in [0.717, 1.165) is 0 Å². The van der Waals surface area contributed by atoms with Crippen molar-refractivity contribution in [2.75, 3.05) is 13.2 Å². The highest BCUT2D eigenvalue weighted by Crippen LogP contribution is 2.30. The van der Waals surface area contributed by atoms with Gasteiger partial charge in [-0.05, 0) is 38.1 Å². The lowest BCUT2D eigenvalue weighted by Crippen LogP contribution is -2.14. The molecule has 2 aromatic rings. The largest absolute Gasteiger partial charge is 0.492 e. The topological polar surface area (TPSA) is 74.6 Å². The van der Waals surface area contributed by atoms with Crippen molar-refractivity contribution in [2.24, 2.45) is 7.05 Å². The average Bonchev–Trinajstić information content (AvgIpc) is 2.93. The Morgan fingerprint density at radius 2 is 1.81 bits per heavy atom. The molecule has 1 aromatic heterocycles. The summed E-state index contributed by atoms with van der Waals surface area (Å²) in [6, 6.07) is 7.90. The van der Waals surface area contributed by atoms with Gasteiger partial charge in [0.15, 0.2) is 5.57 Å². The van der Waals surface area contributed by atoms with Crippen molar-refractivity contribution in [1.82, 2.24) is 4.57 Å². The number of carbonyl (C=O) groups excluding carboxylic acids is 3. The molecule has 0 aliphatic heterocycles. The molecule has 0 amide bonds. The van der Waals surface area contributed by atoms with Crippen LogP contribution >= 0.6 is 11.6 Å². The third kappa shape index (κ3) is 3.87. The Morgan fingerprint density at radius 1 is 1.15 bits per heavy atom. The van der Waals surface area contributed by atoms with Crippen LogP contribution in [0.4, 0.5) is 0 Å². The van der Waals surface area contributed by atoms with E-state index < -0.39 is 5.97 Å². The van der Waals surface area contributed by atoms with Gasteiger partial charge in [-0.25, -0.2) is 9.59 Å². The van der Waals surface area contributed by atoms with Crippen LogP contribution in [0.2, 0.25) is 5.02 Å². The van der Waals surface area contributed by atoms with E-state index in [1.807, 2.05) is 0 Å². The molecule has 0 fully saturated rings. The molecule has 26 heavy (non-hydrogen) atoms. The molecule has 6 nitrogen and oxygen atoms in total. The summed E-state index contributed by atoms with van der Waals surface area (Å²) in [4.78, 5) is 36.3. The second-order valence-electron chi connectivity index (χ2n) is 5.27. The second-order valence-corrected chi connectivity index (χ2v) is 5.70. The van der Waals surface area contributed by atoms with Crippen LogP contribution in [0.25, 0.3) is 5.57 Å². The quantitative estimate of drug-likeness (QED) is 0.322. The van der Waals surface area contributed by atoms with Gasteiger partial charge < -0.3 is 14.0 Å². The number of hydrogen-bond donors (Lipinski definition) is 0. The van der Waals surface area contributed by atoms with Crippen LogP contribution in [-0.2, 0) is 21.4 Å². The van der Waals surface area contributed by atoms with Gasteiger partial charge in [0.05, 0.1) is 18.9 Å². The summed E-state index contributed by atoms with van der Waals surface area (Å²) in [6.07, 6.45) is 0. The monoisotopic (exact) mass is 375 g/mol. The molecule has 0 aliphatic carbocycles. The lowest BCUT2D eigenvalue weighted by atomic mass is 10.1. The molecule has 0 aliphatic rings. The molecule has 1 aromatic carbocycles. The molecule has 1 heterocycles. The van der Waals surface area contributed by atoms with Crippen LogP contribution in [0.15, 0.2) is 30.3 Å². The molecule has 2 rings (SSSR count). The van der Waals surface area contributed by atoms with Crippen molar-refractivity contribution in [2.45, 2.75) is 13.8 Å². The fraction of sp³-hybridized carbons (Fsp3) is 0.263. The maximum absolute atomic E-state index is 12.8. The summed E-state index contributed by atoms with van der Waals surface area (Å²) in [6.45, 7) is 3.78. The van der Waals surface area contributed by atoms with Crippen LogP contribution in [0.3, 0.4) is 0 Å². The standard InChI is InChI=1S/C19H18ClNO5/c1-4-25-16-10-15(18(23)12-6-8-13(20)9-7-12)21(3)17(16)14(11-22)19(24)26-5-2/h6-10H,4-5H2,1-3H3. The molecule has 7 heteroatoms. The minimum absolute atomic E-state index is 0.106. The van der Waals surface area contributed by atoms with Gasteiger partial charge in [-0.3, -0.25) is 4.79 Å². The predicted molar refractivity (Wildman–Crippen MR) is 97.2 cm³/mol. The van der Waals surface area contributed by atoms with E-state index in [-0.39, 0.29) is 35.1 Å². The SMILES string of the molecule is CCOC(=O)C(=C=O)c1c(OCC)cc(C(=O)c2ccc(Cl)cc2)n1C. The molecular weight excluding hydrogens is 358 g/mol. The first-order chi connectivity index (χ1) is 12.4. The van der Waals surface area contributed by atoms with Crippen molar-refractivity contribution < 1.29 is 23.9 Å². The Kier molecular flexibility index (Phi) is 6.39. The molecule has 0 N–H and O–H groups in total. The summed E-state index contributed by atoms with van der Waals surface area (Å²) in [5, 5.41) is 0.512. The van der Waals surface area contributed by atoms with E-state index in [1.165, 1.54) is 10.6 Å². The van der Waals surface area contributed by atoms with Gasteiger partial charge in [0.2, 0.25) is 5.78 Å². The lowest BCUT2D eigenvalue weighted by molar-refractivity contribution is -0.136. The Balaban J connectivity index is 2.56. The molecule has 0 bridgehead atoms. The Morgan fingerprint density at radius 3 is 2.35 bits per heavy atom. The summed E-state index contributed by atoms with van der Waals surface area (Å²) < 4.78 is 11.8. The van der Waals surface area contributed by atoms with Crippen molar-refractivity contribution in [3.63, 3.8) is 0 Å². The van der Waals surface area contributed by atoms with Gasteiger partial charge in [-0.15, -0.1) is 0 Å². The third-order valence-electron chi connectivity index (χ3n) is 3.66. The van der Waals surface area contributed by atoms with Gasteiger partial charge in [-0.1, -0.05) is 11.6 Å². The van der Waals surface area contributed by atoms with Crippen molar-refractivity contribution in [3.8, 4) is 5.75 Å². The van der Waals surface area contributed by atoms with Gasteiger partial charge in [-0.2, -0.15) is 0 Å². The lowest BCUT2D eigenvalue weighted by Gasteiger charge is -2.09. The zero-order valence-electron chi connectivity index (χ0n) is 14.7. The van der Waals surface area contributed by atoms with Gasteiger partial charge in [0.25, 0.3) is 0 Å². The van der Waals surface area contributed by atoms with Crippen LogP contribution in [0.1, 0.15) is 35.6 Å². The molecule has 0 radical (unpaired) electrons. The molecule has 0 saturated heterocycles. The molecule has 0 saturated carbocycles. The van der Waals surface area contributed by atoms with Gasteiger partial charge in [0, 0.05) is 23.7 Å². The Labute approximate surface area is 156 Å². The van der Waals surface area contributed by atoms with Crippen LogP contribution in [0, 0.1) is 0 Å². The minimum Gasteiger partial charge on any atom is -0.492 e. The maximum atomic E-state index is 12.8. The number of esters is 1. The Hall–Kier alpha value is -2.82. The first-order valence-electron chi connectivity index (χ1n) is 7.99. The summed E-state index contributed by atoms with van der Waals surface area (Å²) in [5.41, 5.74) is 0.491. The van der Waals surface area contributed by atoms with Crippen molar-refractivity contribution >= 4 is 34.9 Å². The normalized spacial score (nSPS) is 10.2. The van der Waals surface area contributed by atoms with E-state index in [1.54, 1.807) is 51.1 Å². The van der Waals surface area contributed by atoms with Crippen LogP contribution in [0.5, 0.6) is 5.75 Å². The number of aromatic nitrogens is 1. The number of hydrogen-bond acceptors (Lipinski definition) is 5. The Bertz CT molecular complexity index is 876. The van der Waals surface area contributed by atoms with Crippen molar-refractivity contribution in [3.05, 3.63) is 52.3 Å². The van der Waals surface area contributed by atoms with E-state index in [2.05, 4.69) is 0 Å². The molecular formula is C19H18ClNO5. The first-order valence-corrected chi connectivity index (χ1v) is 8.37. The van der Waals surface area contributed by atoms with E-state index >= 15 is 0 Å². The van der Waals surface area contributed by atoms with Gasteiger partial charge >= 0.3 is 5.97 Å². The highest BCUT2D eigenvalue weighted by Gasteiger charge is 2.27. The third-order valence-corrected chi connectivity index (χ3v) is 3.91. The highest BCUT2D eigenvalue weighted by molar-refractivity contribution is 6.30. The number of ketones is 1. The van der Waals surface area contributed by atoms with Crippen molar-refractivity contribution in [1.29, 1.82) is 0 Å². The number of carbonyl (C=O) groups is 2. The zero-order chi connectivity index (χ0) is 19.3. The first kappa shape index (κ1) is 19.5. The number of ether oxygens (including phenoxy) is 2. The minimum atomic E-state index is -0.824. The van der Waals surface area contributed by atoms with Crippen LogP contribution in [-0.4, -0.2) is 35.5 Å². The van der Waals surface area contributed by atoms with Gasteiger partial charge in [0.1, 0.15) is 17.4 Å². The van der Waals surface area contributed by atoms with E-state index in [4.69, 9.17) is 21.1 Å². The fourth-order valence-electron chi connectivity index (χ4n) is 2.49. The number of nitrogens with zero attached hydrogens (tertiary/aromatic N) is 1. The maximum Gasteiger partial charge on any atom is 0.351 e. The summed E-state index contributed by atoms with van der Waals surface area (Å²) >= 11 is 5.85. The second kappa shape index (κ2) is 8.52. The van der Waals surface area contributed by atoms with Crippen LogP contribution < -0.4 is 4.74 Å². The number of halogens is 1. The number of rotatable bonds is 7. The smallest absolute Gasteiger partial charge is 0.351 e. The van der Waals surface area contributed by atoms with E-state index in [9.17, 15) is 14.4 Å².